The van der Waals surface area contributed by atoms with E-state index in [1.165, 1.54) is 32.1 Å². The first kappa shape index (κ1) is 11.1. The number of rotatable bonds is 5. The Balaban J connectivity index is 2.31. The van der Waals surface area contributed by atoms with Crippen LogP contribution in [0.1, 0.15) is 59.8 Å². The van der Waals surface area contributed by atoms with Gasteiger partial charge in [-0.2, -0.15) is 0 Å². The maximum atomic E-state index is 2.49. The lowest BCUT2D eigenvalue weighted by molar-refractivity contribution is 0.0996. The van der Waals surface area contributed by atoms with Crippen LogP contribution in [0.5, 0.6) is 0 Å². The largest absolute Gasteiger partial charge is 0.0654 e. The Kier molecular flexibility index (Phi) is 4.28. The predicted molar refractivity (Wildman–Crippen MR) is 59.7 cm³/mol. The van der Waals surface area contributed by atoms with Crippen LogP contribution in [0, 0.1) is 23.7 Å². The van der Waals surface area contributed by atoms with E-state index in [9.17, 15) is 0 Å². The summed E-state index contributed by atoms with van der Waals surface area (Å²) in [4.78, 5) is 0. The second-order valence-electron chi connectivity index (χ2n) is 5.15. The second-order valence-corrected chi connectivity index (χ2v) is 5.15. The van der Waals surface area contributed by atoms with Crippen molar-refractivity contribution < 1.29 is 0 Å². The van der Waals surface area contributed by atoms with Crippen molar-refractivity contribution in [2.45, 2.75) is 59.8 Å². The van der Waals surface area contributed by atoms with Crippen LogP contribution in [0.2, 0.25) is 0 Å². The third-order valence-corrected chi connectivity index (χ3v) is 4.08. The molecule has 0 bridgehead atoms. The van der Waals surface area contributed by atoms with E-state index in [1.807, 2.05) is 0 Å². The predicted octanol–water partition coefficient (Wildman–Crippen LogP) is 4.49. The van der Waals surface area contributed by atoms with Crippen molar-refractivity contribution in [1.82, 2.24) is 0 Å². The van der Waals surface area contributed by atoms with E-state index < -0.39 is 0 Å². The average molecular weight is 182 g/mol. The van der Waals surface area contributed by atoms with Gasteiger partial charge in [0.1, 0.15) is 0 Å². The molecule has 1 rings (SSSR count). The summed E-state index contributed by atoms with van der Waals surface area (Å²) >= 11 is 0. The summed E-state index contributed by atoms with van der Waals surface area (Å²) in [6.45, 7) is 9.56. The molecule has 0 N–H and O–H groups in total. The van der Waals surface area contributed by atoms with E-state index >= 15 is 0 Å². The van der Waals surface area contributed by atoms with Gasteiger partial charge in [-0.05, 0) is 36.5 Å². The van der Waals surface area contributed by atoms with Crippen LogP contribution in [0.3, 0.4) is 0 Å². The van der Waals surface area contributed by atoms with E-state index in [0.717, 1.165) is 23.7 Å². The molecule has 0 spiro atoms. The van der Waals surface area contributed by atoms with Gasteiger partial charge in [0.2, 0.25) is 0 Å². The molecule has 1 aliphatic rings. The number of hydrogen-bond acceptors (Lipinski definition) is 0. The van der Waals surface area contributed by atoms with Crippen LogP contribution in [0.4, 0.5) is 0 Å². The molecule has 0 saturated heterocycles. The fraction of sp³-hybridized carbons (Fsp3) is 1.00. The fourth-order valence-corrected chi connectivity index (χ4v) is 2.99. The van der Waals surface area contributed by atoms with E-state index in [2.05, 4.69) is 27.7 Å². The van der Waals surface area contributed by atoms with Crippen LogP contribution in [0.15, 0.2) is 0 Å². The third kappa shape index (κ3) is 2.72. The zero-order valence-electron chi connectivity index (χ0n) is 9.84. The normalized spacial score (nSPS) is 32.3. The summed E-state index contributed by atoms with van der Waals surface area (Å²) in [5.74, 6) is 4.07. The van der Waals surface area contributed by atoms with Gasteiger partial charge in [0.25, 0.3) is 0 Å². The fourth-order valence-electron chi connectivity index (χ4n) is 2.99. The molecule has 0 heterocycles. The minimum Gasteiger partial charge on any atom is -0.0654 e. The smallest absolute Gasteiger partial charge is 0.0381 e. The maximum absolute atomic E-state index is 2.49. The Morgan fingerprint density at radius 2 is 1.85 bits per heavy atom. The van der Waals surface area contributed by atoms with Gasteiger partial charge in [-0.3, -0.25) is 0 Å². The minimum atomic E-state index is 0.987. The van der Waals surface area contributed by atoms with E-state index in [4.69, 9.17) is 0 Å². The molecule has 0 aromatic heterocycles. The molecule has 0 heteroatoms. The van der Waals surface area contributed by atoms with Gasteiger partial charge < -0.3 is 0 Å². The van der Waals surface area contributed by atoms with E-state index in [-0.39, 0.29) is 0 Å². The lowest BCUT2D eigenvalue weighted by atomic mass is 9.65. The van der Waals surface area contributed by atoms with Crippen molar-refractivity contribution in [2.24, 2.45) is 23.7 Å². The molecule has 0 nitrogen and oxygen atoms in total. The molecule has 0 aromatic carbocycles. The third-order valence-electron chi connectivity index (χ3n) is 4.08. The van der Waals surface area contributed by atoms with Gasteiger partial charge in [0.15, 0.2) is 0 Å². The van der Waals surface area contributed by atoms with Crippen LogP contribution < -0.4 is 0 Å². The Morgan fingerprint density at radius 3 is 2.23 bits per heavy atom. The van der Waals surface area contributed by atoms with Crippen molar-refractivity contribution in [3.63, 3.8) is 0 Å². The summed E-state index contributed by atoms with van der Waals surface area (Å²) in [7, 11) is 0. The molecule has 1 aliphatic carbocycles. The Labute approximate surface area is 84.1 Å². The molecule has 0 amide bonds. The van der Waals surface area contributed by atoms with Crippen molar-refractivity contribution in [2.75, 3.05) is 0 Å². The lowest BCUT2D eigenvalue weighted by Crippen LogP contribution is -2.31. The Morgan fingerprint density at radius 1 is 1.23 bits per heavy atom. The van der Waals surface area contributed by atoms with Crippen molar-refractivity contribution >= 4 is 0 Å². The van der Waals surface area contributed by atoms with Crippen molar-refractivity contribution in [3.05, 3.63) is 0 Å². The first-order valence-electron chi connectivity index (χ1n) is 6.19. The molecule has 2 unspecified atom stereocenters. The molecule has 78 valence electrons. The summed E-state index contributed by atoms with van der Waals surface area (Å²) in [6, 6.07) is 0. The first-order valence-corrected chi connectivity index (χ1v) is 6.19. The summed E-state index contributed by atoms with van der Waals surface area (Å²) in [6.07, 6.45) is 7.20. The summed E-state index contributed by atoms with van der Waals surface area (Å²) < 4.78 is 0. The molecular formula is C13H26. The van der Waals surface area contributed by atoms with E-state index in [0.29, 0.717) is 0 Å². The molecule has 1 saturated carbocycles. The van der Waals surface area contributed by atoms with Crippen molar-refractivity contribution in [1.29, 1.82) is 0 Å². The zero-order chi connectivity index (χ0) is 9.84. The highest BCUT2D eigenvalue weighted by molar-refractivity contribution is 4.83. The average Bonchev–Trinajstić information content (AvgIpc) is 2.08. The zero-order valence-corrected chi connectivity index (χ0v) is 9.84. The molecule has 1 fully saturated rings. The second kappa shape index (κ2) is 5.02. The van der Waals surface area contributed by atoms with Gasteiger partial charge in [-0.25, -0.2) is 0 Å². The topological polar surface area (TPSA) is 0 Å². The monoisotopic (exact) mass is 182 g/mol. The molecule has 13 heavy (non-hydrogen) atoms. The Hall–Kier alpha value is 0. The van der Waals surface area contributed by atoms with Gasteiger partial charge in [0, 0.05) is 0 Å². The lowest BCUT2D eigenvalue weighted by Gasteiger charge is -2.40. The number of hydrogen-bond donors (Lipinski definition) is 0. The molecular weight excluding hydrogens is 156 g/mol. The minimum absolute atomic E-state index is 0.987. The highest BCUT2D eigenvalue weighted by atomic mass is 14.4. The van der Waals surface area contributed by atoms with Crippen molar-refractivity contribution in [3.8, 4) is 0 Å². The van der Waals surface area contributed by atoms with Gasteiger partial charge in [-0.15, -0.1) is 0 Å². The Bertz CT molecular complexity index is 133. The highest BCUT2D eigenvalue weighted by Gasteiger charge is 2.32. The van der Waals surface area contributed by atoms with Gasteiger partial charge >= 0.3 is 0 Å². The quantitative estimate of drug-likeness (QED) is 0.587. The molecule has 0 radical (unpaired) electrons. The van der Waals surface area contributed by atoms with Crippen LogP contribution in [-0.4, -0.2) is 0 Å². The maximum Gasteiger partial charge on any atom is -0.0381 e. The molecule has 2 atom stereocenters. The van der Waals surface area contributed by atoms with Crippen LogP contribution in [0.25, 0.3) is 0 Å². The van der Waals surface area contributed by atoms with Gasteiger partial charge in [0.05, 0.1) is 0 Å². The van der Waals surface area contributed by atoms with Crippen LogP contribution in [-0.2, 0) is 0 Å². The first-order chi connectivity index (χ1) is 6.19. The highest BCUT2D eigenvalue weighted by Crippen LogP contribution is 2.42. The molecule has 0 aromatic rings. The standard InChI is InChI=1S/C13H26/c1-5-7-12(6-2)11(4)13-8-10(3)9-13/h10-13H,5-9H2,1-4H3. The van der Waals surface area contributed by atoms with Gasteiger partial charge in [-0.1, -0.05) is 47.0 Å². The summed E-state index contributed by atoms with van der Waals surface area (Å²) in [5.41, 5.74) is 0. The van der Waals surface area contributed by atoms with E-state index in [1.54, 1.807) is 0 Å². The summed E-state index contributed by atoms with van der Waals surface area (Å²) in [5, 5.41) is 0. The SMILES string of the molecule is CCCC(CC)C(C)C1CC(C)C1. The molecule has 0 aliphatic heterocycles. The van der Waals surface area contributed by atoms with Crippen LogP contribution >= 0.6 is 0 Å².